The van der Waals surface area contributed by atoms with Gasteiger partial charge in [0.1, 0.15) is 4.70 Å². The van der Waals surface area contributed by atoms with E-state index in [0.29, 0.717) is 22.4 Å². The zero-order chi connectivity index (χ0) is 18.1. The average Bonchev–Trinajstić information content (AvgIpc) is 3.15. The van der Waals surface area contributed by atoms with Crippen molar-refractivity contribution >= 4 is 27.3 Å². The van der Waals surface area contributed by atoms with Crippen molar-refractivity contribution in [3.63, 3.8) is 0 Å². The fourth-order valence-corrected chi connectivity index (χ4v) is 4.08. The van der Waals surface area contributed by atoms with Crippen molar-refractivity contribution in [1.29, 1.82) is 0 Å². The van der Waals surface area contributed by atoms with Crippen LogP contribution in [-0.2, 0) is 11.3 Å². The monoisotopic (exact) mass is 359 g/mol. The maximum absolute atomic E-state index is 12.8. The van der Waals surface area contributed by atoms with Gasteiger partial charge in [0.05, 0.1) is 31.0 Å². The lowest BCUT2D eigenvalue weighted by Crippen LogP contribution is -2.24. The fraction of sp³-hybridized carbons (Fsp3) is 0.389. The minimum Gasteiger partial charge on any atom is -0.383 e. The first-order valence-corrected chi connectivity index (χ1v) is 8.95. The molecule has 0 radical (unpaired) electrons. The number of carbonyl (C=O) groups excluding carboxylic acids is 1. The fourth-order valence-electron chi connectivity index (χ4n) is 3.28. The zero-order valence-corrected chi connectivity index (χ0v) is 15.6. The van der Waals surface area contributed by atoms with Crippen LogP contribution in [0, 0.1) is 13.8 Å². The minimum atomic E-state index is -0.171. The summed E-state index contributed by atoms with van der Waals surface area (Å²) in [4.78, 5) is 29.5. The maximum Gasteiger partial charge on any atom is 0.271 e. The van der Waals surface area contributed by atoms with Crippen molar-refractivity contribution in [3.8, 4) is 0 Å². The number of ketones is 1. The van der Waals surface area contributed by atoms with Crippen molar-refractivity contribution in [2.75, 3.05) is 13.7 Å². The molecule has 6 nitrogen and oxygen atoms in total. The predicted molar refractivity (Wildman–Crippen MR) is 98.7 cm³/mol. The van der Waals surface area contributed by atoms with Gasteiger partial charge >= 0.3 is 0 Å². The second-order valence-electron chi connectivity index (χ2n) is 6.19. The van der Waals surface area contributed by atoms with E-state index in [4.69, 9.17) is 4.74 Å². The Labute approximate surface area is 149 Å². The number of aromatic nitrogens is 3. The third-order valence-corrected chi connectivity index (χ3v) is 5.27. The number of aryl methyl sites for hydroxylation is 1. The van der Waals surface area contributed by atoms with E-state index < -0.39 is 0 Å². The molecule has 7 heteroatoms. The first-order chi connectivity index (χ1) is 11.9. The Hall–Kier alpha value is -2.25. The molecule has 0 aliphatic heterocycles. The Bertz CT molecular complexity index is 983. The van der Waals surface area contributed by atoms with Gasteiger partial charge in [-0.3, -0.25) is 14.2 Å². The molecule has 0 unspecified atom stereocenters. The summed E-state index contributed by atoms with van der Waals surface area (Å²) >= 11 is 1.34. The second kappa shape index (κ2) is 6.93. The number of methoxy groups -OCH3 is 1. The van der Waals surface area contributed by atoms with Gasteiger partial charge in [-0.15, -0.1) is 11.3 Å². The van der Waals surface area contributed by atoms with Crippen molar-refractivity contribution in [2.45, 2.75) is 33.4 Å². The Balaban J connectivity index is 1.92. The van der Waals surface area contributed by atoms with E-state index in [0.717, 1.165) is 11.4 Å². The predicted octanol–water partition coefficient (Wildman–Crippen LogP) is 2.97. The van der Waals surface area contributed by atoms with Gasteiger partial charge in [-0.2, -0.15) is 0 Å². The lowest BCUT2D eigenvalue weighted by molar-refractivity contribution is 0.0969. The van der Waals surface area contributed by atoms with Crippen LogP contribution < -0.4 is 5.56 Å². The van der Waals surface area contributed by atoms with Gasteiger partial charge in [0.15, 0.2) is 5.78 Å². The SMILES string of the molecule is COC[C@@H](C)n1c(C)cc(C(=O)Cn2cnc3ccsc3c2=O)c1C. The molecule has 0 fully saturated rings. The molecule has 1 atom stereocenters. The number of rotatable bonds is 6. The molecule has 0 aromatic carbocycles. The van der Waals surface area contributed by atoms with Gasteiger partial charge in [-0.05, 0) is 38.3 Å². The van der Waals surface area contributed by atoms with E-state index in [1.54, 1.807) is 13.2 Å². The van der Waals surface area contributed by atoms with Gasteiger partial charge < -0.3 is 9.30 Å². The molecular formula is C18H21N3O3S. The summed E-state index contributed by atoms with van der Waals surface area (Å²) in [6.45, 7) is 6.51. The number of carbonyl (C=O) groups is 1. The third-order valence-electron chi connectivity index (χ3n) is 4.38. The van der Waals surface area contributed by atoms with Crippen LogP contribution in [0.15, 0.2) is 28.6 Å². The Morgan fingerprint density at radius 3 is 2.88 bits per heavy atom. The van der Waals surface area contributed by atoms with Gasteiger partial charge in [0, 0.05) is 24.1 Å². The highest BCUT2D eigenvalue weighted by Gasteiger charge is 2.19. The number of hydrogen-bond donors (Lipinski definition) is 0. The molecule has 0 saturated heterocycles. The van der Waals surface area contributed by atoms with Gasteiger partial charge in [0.25, 0.3) is 5.56 Å². The molecule has 25 heavy (non-hydrogen) atoms. The number of nitrogens with zero attached hydrogens (tertiary/aromatic N) is 3. The quantitative estimate of drug-likeness (QED) is 0.635. The topological polar surface area (TPSA) is 66.1 Å². The molecule has 0 saturated carbocycles. The van der Waals surface area contributed by atoms with Crippen LogP contribution in [0.1, 0.15) is 34.7 Å². The molecule has 0 amide bonds. The summed E-state index contributed by atoms with van der Waals surface area (Å²) in [5.41, 5.74) is 3.04. The lowest BCUT2D eigenvalue weighted by atomic mass is 10.1. The van der Waals surface area contributed by atoms with E-state index in [1.807, 2.05) is 25.3 Å². The molecule has 3 aromatic heterocycles. The Kier molecular flexibility index (Phi) is 4.87. The van der Waals surface area contributed by atoms with Crippen LogP contribution in [-0.4, -0.2) is 33.6 Å². The summed E-state index contributed by atoms with van der Waals surface area (Å²) < 4.78 is 9.28. The molecule has 0 N–H and O–H groups in total. The molecule has 3 rings (SSSR count). The van der Waals surface area contributed by atoms with E-state index in [2.05, 4.69) is 16.5 Å². The summed E-state index contributed by atoms with van der Waals surface area (Å²) in [5.74, 6) is -0.0937. The Morgan fingerprint density at radius 2 is 2.16 bits per heavy atom. The summed E-state index contributed by atoms with van der Waals surface area (Å²) in [6.07, 6.45) is 1.45. The number of fused-ring (bicyclic) bond motifs is 1. The van der Waals surface area contributed by atoms with Crippen LogP contribution >= 0.6 is 11.3 Å². The number of hydrogen-bond acceptors (Lipinski definition) is 5. The summed E-state index contributed by atoms with van der Waals surface area (Å²) in [5, 5.41) is 1.83. The van der Waals surface area contributed by atoms with Crippen LogP contribution in [0.3, 0.4) is 0 Å². The zero-order valence-electron chi connectivity index (χ0n) is 14.8. The summed E-state index contributed by atoms with van der Waals surface area (Å²) in [7, 11) is 1.66. The largest absolute Gasteiger partial charge is 0.383 e. The highest BCUT2D eigenvalue weighted by Crippen LogP contribution is 2.21. The molecule has 3 heterocycles. The molecule has 3 aromatic rings. The molecule has 0 aliphatic carbocycles. The average molecular weight is 359 g/mol. The normalized spacial score (nSPS) is 12.6. The number of thiophene rings is 1. The highest BCUT2D eigenvalue weighted by molar-refractivity contribution is 7.17. The van der Waals surface area contributed by atoms with Crippen LogP contribution in [0.4, 0.5) is 0 Å². The van der Waals surface area contributed by atoms with E-state index in [9.17, 15) is 9.59 Å². The smallest absolute Gasteiger partial charge is 0.271 e. The minimum absolute atomic E-state index is 0.0113. The van der Waals surface area contributed by atoms with Gasteiger partial charge in [-0.1, -0.05) is 0 Å². The molecular weight excluding hydrogens is 338 g/mol. The van der Waals surface area contributed by atoms with Crippen molar-refractivity contribution in [2.24, 2.45) is 0 Å². The first kappa shape index (κ1) is 17.6. The van der Waals surface area contributed by atoms with Crippen molar-refractivity contribution in [1.82, 2.24) is 14.1 Å². The molecule has 0 bridgehead atoms. The molecule has 0 aliphatic rings. The van der Waals surface area contributed by atoms with E-state index in [-0.39, 0.29) is 23.9 Å². The first-order valence-electron chi connectivity index (χ1n) is 8.07. The molecule has 132 valence electrons. The molecule has 0 spiro atoms. The second-order valence-corrected chi connectivity index (χ2v) is 7.11. The van der Waals surface area contributed by atoms with Crippen LogP contribution in [0.25, 0.3) is 10.2 Å². The number of Topliss-reactive ketones (excluding diaryl/α,β-unsaturated/α-hetero) is 1. The van der Waals surface area contributed by atoms with Crippen LogP contribution in [0.2, 0.25) is 0 Å². The van der Waals surface area contributed by atoms with Crippen LogP contribution in [0.5, 0.6) is 0 Å². The standard InChI is InChI=1S/C18H21N3O3S/c1-11-7-14(13(3)21(11)12(2)9-24-4)16(22)8-20-10-19-15-5-6-25-17(15)18(20)23/h5-7,10,12H,8-9H2,1-4H3/t12-/m1/s1. The maximum atomic E-state index is 12.8. The van der Waals surface area contributed by atoms with Crippen molar-refractivity contribution in [3.05, 3.63) is 51.1 Å². The Morgan fingerprint density at radius 1 is 1.40 bits per heavy atom. The number of ether oxygens (including phenoxy) is 1. The lowest BCUT2D eigenvalue weighted by Gasteiger charge is -2.17. The van der Waals surface area contributed by atoms with Gasteiger partial charge in [-0.25, -0.2) is 4.98 Å². The van der Waals surface area contributed by atoms with Crippen molar-refractivity contribution < 1.29 is 9.53 Å². The van der Waals surface area contributed by atoms with E-state index >= 15 is 0 Å². The van der Waals surface area contributed by atoms with E-state index in [1.165, 1.54) is 22.2 Å². The third kappa shape index (κ3) is 3.17. The highest BCUT2D eigenvalue weighted by atomic mass is 32.1. The van der Waals surface area contributed by atoms with Gasteiger partial charge in [0.2, 0.25) is 0 Å². The summed E-state index contributed by atoms with van der Waals surface area (Å²) in [6, 6.07) is 3.82.